The van der Waals surface area contributed by atoms with Crippen LogP contribution in [0.2, 0.25) is 0 Å². The number of rotatable bonds is 5. The molecule has 0 spiro atoms. The number of amides is 1. The van der Waals surface area contributed by atoms with Gasteiger partial charge in [-0.25, -0.2) is 8.42 Å². The zero-order chi connectivity index (χ0) is 16.3. The Hall–Kier alpha value is -1.37. The van der Waals surface area contributed by atoms with Gasteiger partial charge in [0.25, 0.3) is 0 Å². The molecule has 0 aromatic carbocycles. The van der Waals surface area contributed by atoms with E-state index in [0.717, 1.165) is 32.1 Å². The van der Waals surface area contributed by atoms with Gasteiger partial charge in [0.1, 0.15) is 5.75 Å². The lowest BCUT2D eigenvalue weighted by molar-refractivity contribution is -0.132. The highest BCUT2D eigenvalue weighted by molar-refractivity contribution is 7.92. The molecule has 0 N–H and O–H groups in total. The van der Waals surface area contributed by atoms with Crippen LogP contribution in [0.1, 0.15) is 44.9 Å². The van der Waals surface area contributed by atoms with Gasteiger partial charge in [-0.05, 0) is 38.2 Å². The zero-order valence-electron chi connectivity index (χ0n) is 13.4. The minimum absolute atomic E-state index is 0.0509. The molecule has 1 aromatic rings. The number of carbonyl (C=O) groups excluding carboxylic acids is 1. The lowest BCUT2D eigenvalue weighted by Crippen LogP contribution is -2.48. The van der Waals surface area contributed by atoms with Crippen molar-refractivity contribution in [1.29, 1.82) is 0 Å². The highest BCUT2D eigenvalue weighted by Crippen LogP contribution is 2.26. The zero-order valence-corrected chi connectivity index (χ0v) is 14.2. The fraction of sp³-hybridized carbons (Fsp3) is 0.750. The first kappa shape index (κ1) is 16.5. The Kier molecular flexibility index (Phi) is 5.04. The van der Waals surface area contributed by atoms with Crippen LogP contribution in [0.25, 0.3) is 0 Å². The lowest BCUT2D eigenvalue weighted by Gasteiger charge is -2.36. The van der Waals surface area contributed by atoms with Crippen molar-refractivity contribution in [3.63, 3.8) is 0 Å². The summed E-state index contributed by atoms with van der Waals surface area (Å²) in [5, 5.41) is 3.90. The van der Waals surface area contributed by atoms with Crippen molar-refractivity contribution in [3.05, 3.63) is 18.5 Å². The number of piperidine rings is 1. The molecule has 0 radical (unpaired) electrons. The summed E-state index contributed by atoms with van der Waals surface area (Å²) in [6.07, 6.45) is 9.89. The lowest BCUT2D eigenvalue weighted by atomic mass is 10.0. The number of hydrogen-bond acceptors (Lipinski definition) is 4. The van der Waals surface area contributed by atoms with Gasteiger partial charge in [0.2, 0.25) is 5.91 Å². The van der Waals surface area contributed by atoms with Gasteiger partial charge in [-0.15, -0.1) is 0 Å². The molecule has 128 valence electrons. The van der Waals surface area contributed by atoms with Crippen LogP contribution < -0.4 is 0 Å². The molecule has 1 aromatic heterocycles. The highest BCUT2D eigenvalue weighted by atomic mass is 32.2. The summed E-state index contributed by atoms with van der Waals surface area (Å²) in [5.41, 5.74) is 0. The van der Waals surface area contributed by atoms with E-state index in [1.807, 2.05) is 16.9 Å². The third-order valence-corrected chi connectivity index (χ3v) is 7.18. The first-order valence-corrected chi connectivity index (χ1v) is 10.3. The molecule has 3 rings (SSSR count). The molecule has 1 atom stereocenters. The fourth-order valence-corrected chi connectivity index (χ4v) is 5.56. The van der Waals surface area contributed by atoms with Crippen LogP contribution in [-0.4, -0.2) is 52.6 Å². The predicted molar refractivity (Wildman–Crippen MR) is 87.6 cm³/mol. The quantitative estimate of drug-likeness (QED) is 0.817. The van der Waals surface area contributed by atoms with E-state index in [4.69, 9.17) is 0 Å². The smallest absolute Gasteiger partial charge is 0.238 e. The van der Waals surface area contributed by atoms with Crippen LogP contribution in [0.15, 0.2) is 18.5 Å². The summed E-state index contributed by atoms with van der Waals surface area (Å²) in [6, 6.07) is 1.91. The van der Waals surface area contributed by atoms with Gasteiger partial charge in [-0.1, -0.05) is 12.8 Å². The second-order valence-corrected chi connectivity index (χ2v) is 8.96. The van der Waals surface area contributed by atoms with Crippen LogP contribution in [0, 0.1) is 0 Å². The van der Waals surface area contributed by atoms with Crippen molar-refractivity contribution in [2.75, 3.05) is 12.3 Å². The third-order valence-electron chi connectivity index (χ3n) is 5.04. The van der Waals surface area contributed by atoms with Gasteiger partial charge in [-0.2, -0.15) is 5.10 Å². The molecule has 1 saturated carbocycles. The summed E-state index contributed by atoms with van der Waals surface area (Å²) in [5.74, 6) is -0.554. The summed E-state index contributed by atoms with van der Waals surface area (Å²) in [7, 11) is -3.31. The van der Waals surface area contributed by atoms with E-state index < -0.39 is 9.84 Å². The van der Waals surface area contributed by atoms with Crippen LogP contribution >= 0.6 is 0 Å². The van der Waals surface area contributed by atoms with Gasteiger partial charge in [0, 0.05) is 18.9 Å². The Bertz CT molecular complexity index is 621. The molecule has 1 saturated heterocycles. The summed E-state index contributed by atoms with van der Waals surface area (Å²) >= 11 is 0. The first-order valence-electron chi connectivity index (χ1n) is 8.55. The molecule has 0 unspecified atom stereocenters. The molecule has 1 aliphatic carbocycles. The van der Waals surface area contributed by atoms with Crippen molar-refractivity contribution < 1.29 is 13.2 Å². The van der Waals surface area contributed by atoms with Crippen LogP contribution in [0.3, 0.4) is 0 Å². The van der Waals surface area contributed by atoms with Crippen molar-refractivity contribution in [3.8, 4) is 0 Å². The van der Waals surface area contributed by atoms with Crippen LogP contribution in [0.5, 0.6) is 0 Å². The monoisotopic (exact) mass is 339 g/mol. The van der Waals surface area contributed by atoms with Gasteiger partial charge in [-0.3, -0.25) is 9.48 Å². The number of sulfone groups is 1. The highest BCUT2D eigenvalue weighted by Gasteiger charge is 2.34. The molecule has 1 aliphatic heterocycles. The van der Waals surface area contributed by atoms with Crippen molar-refractivity contribution >= 4 is 15.7 Å². The Labute approximate surface area is 137 Å². The number of hydrogen-bond donors (Lipinski definition) is 0. The number of nitrogens with zero attached hydrogens (tertiary/aromatic N) is 3. The average Bonchev–Trinajstić information content (AvgIpc) is 3.21. The molecule has 0 bridgehead atoms. The van der Waals surface area contributed by atoms with Gasteiger partial charge in [0.05, 0.1) is 17.8 Å². The molecule has 1 amide bonds. The topological polar surface area (TPSA) is 72.3 Å². The summed E-state index contributed by atoms with van der Waals surface area (Å²) in [6.45, 7) is 1.30. The molecule has 2 heterocycles. The number of likely N-dealkylation sites (tertiary alicyclic amines) is 1. The molecule has 7 heteroatoms. The molecular weight excluding hydrogens is 314 g/mol. The van der Waals surface area contributed by atoms with E-state index in [9.17, 15) is 13.2 Å². The van der Waals surface area contributed by atoms with Gasteiger partial charge >= 0.3 is 0 Å². The molecule has 6 nitrogen and oxygen atoms in total. The molecule has 2 aliphatic rings. The molecule has 23 heavy (non-hydrogen) atoms. The maximum atomic E-state index is 12.6. The number of aromatic nitrogens is 2. The maximum Gasteiger partial charge on any atom is 0.238 e. The fourth-order valence-electron chi connectivity index (χ4n) is 3.76. The second kappa shape index (κ2) is 7.03. The normalized spacial score (nSPS) is 23.3. The standard InChI is InChI=1S/C16H25N3O3S/c20-16(13-23(21,22)15-7-1-2-8-15)19-11-4-3-6-14(19)12-18-10-5-9-17-18/h5,9-10,14-15H,1-4,6-8,11-13H2/t14-/m0/s1. The Balaban J connectivity index is 1.66. The van der Waals surface area contributed by atoms with Crippen LogP contribution in [-0.2, 0) is 21.2 Å². The van der Waals surface area contributed by atoms with Gasteiger partial charge in [0.15, 0.2) is 9.84 Å². The van der Waals surface area contributed by atoms with E-state index in [1.165, 1.54) is 0 Å². The van der Waals surface area contributed by atoms with Crippen LogP contribution in [0.4, 0.5) is 0 Å². The minimum Gasteiger partial charge on any atom is -0.337 e. The van der Waals surface area contributed by atoms with E-state index >= 15 is 0 Å². The molecule has 2 fully saturated rings. The largest absolute Gasteiger partial charge is 0.337 e. The van der Waals surface area contributed by atoms with E-state index in [2.05, 4.69) is 5.10 Å². The minimum atomic E-state index is -3.31. The first-order chi connectivity index (χ1) is 11.1. The average molecular weight is 339 g/mol. The number of carbonyl (C=O) groups is 1. The third kappa shape index (κ3) is 3.94. The van der Waals surface area contributed by atoms with E-state index in [0.29, 0.717) is 25.9 Å². The Morgan fingerprint density at radius 3 is 2.57 bits per heavy atom. The van der Waals surface area contributed by atoms with Crippen molar-refractivity contribution in [1.82, 2.24) is 14.7 Å². The SMILES string of the molecule is O=C(CS(=O)(=O)C1CCCC1)N1CCCC[C@H]1Cn1cccn1. The molecular formula is C16H25N3O3S. The maximum absolute atomic E-state index is 12.6. The Morgan fingerprint density at radius 2 is 1.87 bits per heavy atom. The van der Waals surface area contributed by atoms with Gasteiger partial charge < -0.3 is 4.90 Å². The summed E-state index contributed by atoms with van der Waals surface area (Å²) in [4.78, 5) is 14.4. The van der Waals surface area contributed by atoms with Crippen molar-refractivity contribution in [2.45, 2.75) is 62.8 Å². The van der Waals surface area contributed by atoms with E-state index in [1.54, 1.807) is 11.1 Å². The summed E-state index contributed by atoms with van der Waals surface area (Å²) < 4.78 is 26.7. The van der Waals surface area contributed by atoms with Crippen molar-refractivity contribution in [2.24, 2.45) is 0 Å². The predicted octanol–water partition coefficient (Wildman–Crippen LogP) is 1.62. The second-order valence-electron chi connectivity index (χ2n) is 6.68. The van der Waals surface area contributed by atoms with E-state index in [-0.39, 0.29) is 23.0 Å². The Morgan fingerprint density at radius 1 is 1.13 bits per heavy atom.